The standard InChI is InChI=1S/C17H16ClN3O4/c1-10-6-7-13(9-15(10)18)20-16(22)11(2)19-17(23)12-4-3-5-14(8-12)21(24)25/h3-9,11H,1-2H3,(H,19,23)(H,20,22). The Morgan fingerprint density at radius 3 is 2.56 bits per heavy atom. The Bertz CT molecular complexity index is 838. The minimum atomic E-state index is -0.841. The molecule has 0 aliphatic carbocycles. The minimum absolute atomic E-state index is 0.104. The second-order valence-corrected chi connectivity index (χ2v) is 5.86. The second kappa shape index (κ2) is 7.76. The molecule has 0 aliphatic rings. The molecule has 0 fully saturated rings. The summed E-state index contributed by atoms with van der Waals surface area (Å²) in [6.07, 6.45) is 0. The number of benzene rings is 2. The molecule has 8 heteroatoms. The lowest BCUT2D eigenvalue weighted by molar-refractivity contribution is -0.384. The summed E-state index contributed by atoms with van der Waals surface area (Å²) in [6.45, 7) is 3.36. The second-order valence-electron chi connectivity index (χ2n) is 5.46. The molecule has 1 unspecified atom stereocenters. The van der Waals surface area contributed by atoms with Crippen LogP contribution in [0.15, 0.2) is 42.5 Å². The lowest BCUT2D eigenvalue weighted by Gasteiger charge is -2.14. The summed E-state index contributed by atoms with van der Waals surface area (Å²) in [5, 5.41) is 16.4. The maximum Gasteiger partial charge on any atom is 0.270 e. The van der Waals surface area contributed by atoms with Crippen molar-refractivity contribution in [3.63, 3.8) is 0 Å². The van der Waals surface area contributed by atoms with Crippen molar-refractivity contribution in [1.82, 2.24) is 5.32 Å². The van der Waals surface area contributed by atoms with E-state index in [9.17, 15) is 19.7 Å². The van der Waals surface area contributed by atoms with E-state index in [0.717, 1.165) is 11.6 Å². The van der Waals surface area contributed by atoms with Crippen LogP contribution in [0.2, 0.25) is 5.02 Å². The monoisotopic (exact) mass is 361 g/mol. The first-order valence-electron chi connectivity index (χ1n) is 7.40. The molecule has 2 rings (SSSR count). The number of nitrogens with zero attached hydrogens (tertiary/aromatic N) is 1. The van der Waals surface area contributed by atoms with Crippen molar-refractivity contribution < 1.29 is 14.5 Å². The number of non-ortho nitro benzene ring substituents is 1. The summed E-state index contributed by atoms with van der Waals surface area (Å²) in [6, 6.07) is 9.53. The highest BCUT2D eigenvalue weighted by Crippen LogP contribution is 2.20. The van der Waals surface area contributed by atoms with Crippen LogP contribution in [0.25, 0.3) is 0 Å². The Morgan fingerprint density at radius 1 is 1.20 bits per heavy atom. The van der Waals surface area contributed by atoms with Gasteiger partial charge >= 0.3 is 0 Å². The molecule has 0 bridgehead atoms. The summed E-state index contributed by atoms with van der Waals surface area (Å²) in [5.41, 5.74) is 1.30. The van der Waals surface area contributed by atoms with Gasteiger partial charge in [-0.15, -0.1) is 0 Å². The summed E-state index contributed by atoms with van der Waals surface area (Å²) in [7, 11) is 0. The van der Waals surface area contributed by atoms with Gasteiger partial charge in [0.2, 0.25) is 5.91 Å². The van der Waals surface area contributed by atoms with Gasteiger partial charge in [-0.1, -0.05) is 23.7 Å². The first-order valence-corrected chi connectivity index (χ1v) is 7.78. The average Bonchev–Trinajstić information content (AvgIpc) is 2.58. The van der Waals surface area contributed by atoms with Gasteiger partial charge in [-0.3, -0.25) is 19.7 Å². The highest BCUT2D eigenvalue weighted by molar-refractivity contribution is 6.31. The van der Waals surface area contributed by atoms with Gasteiger partial charge in [-0.25, -0.2) is 0 Å². The van der Waals surface area contributed by atoms with E-state index >= 15 is 0 Å². The maximum absolute atomic E-state index is 12.2. The lowest BCUT2D eigenvalue weighted by atomic mass is 10.1. The lowest BCUT2D eigenvalue weighted by Crippen LogP contribution is -2.41. The first kappa shape index (κ1) is 18.4. The summed E-state index contributed by atoms with van der Waals surface area (Å²) >= 11 is 6.01. The van der Waals surface area contributed by atoms with Gasteiger partial charge in [0.25, 0.3) is 11.6 Å². The van der Waals surface area contributed by atoms with Crippen LogP contribution in [-0.4, -0.2) is 22.8 Å². The largest absolute Gasteiger partial charge is 0.341 e. The fraction of sp³-hybridized carbons (Fsp3) is 0.176. The quantitative estimate of drug-likeness (QED) is 0.630. The van der Waals surface area contributed by atoms with Crippen LogP contribution >= 0.6 is 11.6 Å². The van der Waals surface area contributed by atoms with Crippen molar-refractivity contribution in [2.24, 2.45) is 0 Å². The molecule has 0 saturated heterocycles. The van der Waals surface area contributed by atoms with Gasteiger partial charge in [0, 0.05) is 28.4 Å². The van der Waals surface area contributed by atoms with Crippen molar-refractivity contribution in [3.05, 3.63) is 68.7 Å². The number of nitrogens with one attached hydrogen (secondary N) is 2. The van der Waals surface area contributed by atoms with Gasteiger partial charge < -0.3 is 10.6 Å². The van der Waals surface area contributed by atoms with Crippen molar-refractivity contribution >= 4 is 34.8 Å². The van der Waals surface area contributed by atoms with Gasteiger partial charge in [0.05, 0.1) is 4.92 Å². The van der Waals surface area contributed by atoms with Crippen LogP contribution in [0.4, 0.5) is 11.4 Å². The Balaban J connectivity index is 2.02. The number of carbonyl (C=O) groups excluding carboxylic acids is 2. The number of rotatable bonds is 5. The first-order chi connectivity index (χ1) is 11.8. The number of anilines is 1. The van der Waals surface area contributed by atoms with Crippen molar-refractivity contribution in [2.75, 3.05) is 5.32 Å². The number of nitro groups is 1. The summed E-state index contributed by atoms with van der Waals surface area (Å²) in [5.74, 6) is -1.01. The van der Waals surface area contributed by atoms with Crippen LogP contribution in [0.3, 0.4) is 0 Å². The fourth-order valence-electron chi connectivity index (χ4n) is 2.03. The van der Waals surface area contributed by atoms with E-state index in [1.54, 1.807) is 18.2 Å². The van der Waals surface area contributed by atoms with Gasteiger partial charge in [-0.05, 0) is 37.6 Å². The predicted octanol–water partition coefficient (Wildman–Crippen LogP) is 3.31. The molecule has 0 spiro atoms. The number of nitro benzene ring substituents is 1. The van der Waals surface area contributed by atoms with Crippen molar-refractivity contribution in [3.8, 4) is 0 Å². The summed E-state index contributed by atoms with van der Waals surface area (Å²) in [4.78, 5) is 34.5. The molecular weight excluding hydrogens is 346 g/mol. The van der Waals surface area contributed by atoms with E-state index in [-0.39, 0.29) is 11.3 Å². The Hall–Kier alpha value is -2.93. The third-order valence-electron chi connectivity index (χ3n) is 3.50. The highest BCUT2D eigenvalue weighted by Gasteiger charge is 2.18. The third-order valence-corrected chi connectivity index (χ3v) is 3.91. The molecule has 1 atom stereocenters. The molecule has 130 valence electrons. The predicted molar refractivity (Wildman–Crippen MR) is 94.8 cm³/mol. The van der Waals surface area contributed by atoms with Gasteiger partial charge in [0.1, 0.15) is 6.04 Å². The summed E-state index contributed by atoms with van der Waals surface area (Å²) < 4.78 is 0. The van der Waals surface area contributed by atoms with Crippen LogP contribution in [-0.2, 0) is 4.79 Å². The molecule has 0 saturated carbocycles. The van der Waals surface area contributed by atoms with E-state index in [1.807, 2.05) is 6.92 Å². The van der Waals surface area contributed by atoms with E-state index in [0.29, 0.717) is 10.7 Å². The minimum Gasteiger partial charge on any atom is -0.341 e. The number of aryl methyl sites for hydroxylation is 1. The molecule has 2 N–H and O–H groups in total. The molecule has 7 nitrogen and oxygen atoms in total. The molecular formula is C17H16ClN3O4. The van der Waals surface area contributed by atoms with Crippen LogP contribution in [0, 0.1) is 17.0 Å². The number of hydrogen-bond acceptors (Lipinski definition) is 4. The van der Waals surface area contributed by atoms with Crippen LogP contribution < -0.4 is 10.6 Å². The zero-order valence-corrected chi connectivity index (χ0v) is 14.3. The maximum atomic E-state index is 12.2. The van der Waals surface area contributed by atoms with E-state index in [4.69, 9.17) is 11.6 Å². The van der Waals surface area contributed by atoms with Crippen LogP contribution in [0.1, 0.15) is 22.8 Å². The molecule has 2 amide bonds. The van der Waals surface area contributed by atoms with E-state index < -0.39 is 22.8 Å². The fourth-order valence-corrected chi connectivity index (χ4v) is 2.21. The number of amides is 2. The number of hydrogen-bond donors (Lipinski definition) is 2. The van der Waals surface area contributed by atoms with E-state index in [1.165, 1.54) is 25.1 Å². The van der Waals surface area contributed by atoms with Crippen molar-refractivity contribution in [1.29, 1.82) is 0 Å². The van der Waals surface area contributed by atoms with Gasteiger partial charge in [-0.2, -0.15) is 0 Å². The Labute approximate surface area is 149 Å². The molecule has 25 heavy (non-hydrogen) atoms. The molecule has 0 heterocycles. The topological polar surface area (TPSA) is 101 Å². The molecule has 0 aliphatic heterocycles. The normalized spacial score (nSPS) is 11.5. The molecule has 0 radical (unpaired) electrons. The Kier molecular flexibility index (Phi) is 5.71. The SMILES string of the molecule is Cc1ccc(NC(=O)C(C)NC(=O)c2cccc([N+](=O)[O-])c2)cc1Cl. The zero-order valence-electron chi connectivity index (χ0n) is 13.6. The average molecular weight is 362 g/mol. The molecule has 2 aromatic carbocycles. The highest BCUT2D eigenvalue weighted by atomic mass is 35.5. The van der Waals surface area contributed by atoms with E-state index in [2.05, 4.69) is 10.6 Å². The smallest absolute Gasteiger partial charge is 0.270 e. The van der Waals surface area contributed by atoms with Crippen LogP contribution in [0.5, 0.6) is 0 Å². The molecule has 0 aromatic heterocycles. The zero-order chi connectivity index (χ0) is 18.6. The van der Waals surface area contributed by atoms with Crippen molar-refractivity contribution in [2.45, 2.75) is 19.9 Å². The third kappa shape index (κ3) is 4.77. The van der Waals surface area contributed by atoms with Gasteiger partial charge in [0.15, 0.2) is 0 Å². The Morgan fingerprint density at radius 2 is 1.92 bits per heavy atom. The molecule has 2 aromatic rings. The number of halogens is 1. The number of carbonyl (C=O) groups is 2.